The zero-order valence-electron chi connectivity index (χ0n) is 15.6. The quantitative estimate of drug-likeness (QED) is 0.861. The molecule has 138 valence electrons. The van der Waals surface area contributed by atoms with Crippen molar-refractivity contribution < 1.29 is 4.79 Å². The Morgan fingerprint density at radius 1 is 1.15 bits per heavy atom. The van der Waals surface area contributed by atoms with Gasteiger partial charge in [-0.25, -0.2) is 4.98 Å². The molecule has 0 aliphatic carbocycles. The summed E-state index contributed by atoms with van der Waals surface area (Å²) in [6, 6.07) is 8.48. The molecule has 1 aromatic carbocycles. The van der Waals surface area contributed by atoms with E-state index in [2.05, 4.69) is 56.3 Å². The summed E-state index contributed by atoms with van der Waals surface area (Å²) in [5.41, 5.74) is 2.45. The van der Waals surface area contributed by atoms with Gasteiger partial charge < -0.3 is 10.2 Å². The highest BCUT2D eigenvalue weighted by molar-refractivity contribution is 5.78. The first-order chi connectivity index (χ1) is 12.7. The van der Waals surface area contributed by atoms with Crippen molar-refractivity contribution in [2.24, 2.45) is 0 Å². The van der Waals surface area contributed by atoms with Gasteiger partial charge in [0.1, 0.15) is 5.82 Å². The largest absolute Gasteiger partial charge is 0.353 e. The van der Waals surface area contributed by atoms with Crippen LogP contribution in [-0.4, -0.2) is 53.5 Å². The summed E-state index contributed by atoms with van der Waals surface area (Å²) in [5, 5.41) is 3.11. The first-order valence-electron chi connectivity index (χ1n) is 9.27. The lowest BCUT2D eigenvalue weighted by Crippen LogP contribution is -2.50. The third-order valence-corrected chi connectivity index (χ3v) is 4.88. The summed E-state index contributed by atoms with van der Waals surface area (Å²) < 4.78 is 0. The van der Waals surface area contributed by atoms with Crippen LogP contribution in [0.3, 0.4) is 0 Å². The lowest BCUT2D eigenvalue weighted by Gasteiger charge is -2.34. The number of carbonyl (C=O) groups excluding carboxylic acids is 1. The summed E-state index contributed by atoms with van der Waals surface area (Å²) in [6.07, 6.45) is 6.21. The number of rotatable bonds is 6. The highest BCUT2D eigenvalue weighted by atomic mass is 16.2. The van der Waals surface area contributed by atoms with E-state index < -0.39 is 0 Å². The van der Waals surface area contributed by atoms with Gasteiger partial charge in [0.25, 0.3) is 0 Å². The number of anilines is 1. The third kappa shape index (κ3) is 4.79. The van der Waals surface area contributed by atoms with E-state index in [-0.39, 0.29) is 11.9 Å². The molecule has 26 heavy (non-hydrogen) atoms. The first-order valence-corrected chi connectivity index (χ1v) is 9.27. The van der Waals surface area contributed by atoms with Crippen molar-refractivity contribution in [3.05, 3.63) is 54.0 Å². The molecule has 6 heteroatoms. The maximum Gasteiger partial charge on any atom is 0.234 e. The Labute approximate surface area is 155 Å². The smallest absolute Gasteiger partial charge is 0.234 e. The molecule has 2 heterocycles. The van der Waals surface area contributed by atoms with E-state index in [0.29, 0.717) is 6.54 Å². The molecule has 0 spiro atoms. The fourth-order valence-corrected chi connectivity index (χ4v) is 3.21. The van der Waals surface area contributed by atoms with Crippen LogP contribution in [0.25, 0.3) is 0 Å². The Morgan fingerprint density at radius 2 is 1.88 bits per heavy atom. The molecule has 2 aromatic rings. The molecule has 1 aliphatic heterocycles. The molecule has 1 N–H and O–H groups in total. The third-order valence-electron chi connectivity index (χ3n) is 4.88. The zero-order chi connectivity index (χ0) is 18.4. The molecule has 6 nitrogen and oxygen atoms in total. The number of amides is 1. The molecule has 0 saturated carbocycles. The van der Waals surface area contributed by atoms with Crippen LogP contribution in [0.5, 0.6) is 0 Å². The van der Waals surface area contributed by atoms with Crippen LogP contribution in [0.1, 0.15) is 31.0 Å². The number of carbonyl (C=O) groups is 1. The Balaban J connectivity index is 1.45. The second-order valence-electron chi connectivity index (χ2n) is 6.71. The minimum Gasteiger partial charge on any atom is -0.353 e. The Bertz CT molecular complexity index is 696. The lowest BCUT2D eigenvalue weighted by molar-refractivity contribution is -0.123. The van der Waals surface area contributed by atoms with Crippen molar-refractivity contribution in [2.75, 3.05) is 37.6 Å². The predicted molar refractivity (Wildman–Crippen MR) is 103 cm³/mol. The maximum atomic E-state index is 12.4. The molecular formula is C20H27N5O. The van der Waals surface area contributed by atoms with Gasteiger partial charge in [-0.2, -0.15) is 0 Å². The first kappa shape index (κ1) is 18.3. The summed E-state index contributed by atoms with van der Waals surface area (Å²) >= 11 is 0. The molecule has 1 amide bonds. The topological polar surface area (TPSA) is 61.4 Å². The lowest BCUT2D eigenvalue weighted by atomic mass is 10.1. The fourth-order valence-electron chi connectivity index (χ4n) is 3.21. The molecule has 0 radical (unpaired) electrons. The van der Waals surface area contributed by atoms with Crippen LogP contribution in [0, 0.1) is 0 Å². The molecule has 1 saturated heterocycles. The molecule has 1 aromatic heterocycles. The summed E-state index contributed by atoms with van der Waals surface area (Å²) in [4.78, 5) is 25.2. The minimum absolute atomic E-state index is 0.0225. The van der Waals surface area contributed by atoms with Crippen LogP contribution >= 0.6 is 0 Å². The van der Waals surface area contributed by atoms with Crippen LogP contribution in [0.2, 0.25) is 0 Å². The molecule has 0 unspecified atom stereocenters. The molecule has 1 aliphatic rings. The average Bonchev–Trinajstić information content (AvgIpc) is 2.69. The summed E-state index contributed by atoms with van der Waals surface area (Å²) in [7, 11) is 0. The fraction of sp³-hybridized carbons (Fsp3) is 0.450. The van der Waals surface area contributed by atoms with Gasteiger partial charge in [-0.3, -0.25) is 14.7 Å². The Kier molecular flexibility index (Phi) is 6.17. The van der Waals surface area contributed by atoms with Crippen LogP contribution < -0.4 is 10.2 Å². The normalized spacial score (nSPS) is 16.3. The number of hydrogen-bond acceptors (Lipinski definition) is 5. The van der Waals surface area contributed by atoms with Crippen LogP contribution in [0.4, 0.5) is 5.82 Å². The van der Waals surface area contributed by atoms with E-state index in [1.807, 2.05) is 6.92 Å². The van der Waals surface area contributed by atoms with Gasteiger partial charge in [0.2, 0.25) is 5.91 Å². The Morgan fingerprint density at radius 3 is 2.50 bits per heavy atom. The van der Waals surface area contributed by atoms with Gasteiger partial charge in [0.15, 0.2) is 0 Å². The average molecular weight is 353 g/mol. The van der Waals surface area contributed by atoms with Gasteiger partial charge >= 0.3 is 0 Å². The zero-order valence-corrected chi connectivity index (χ0v) is 15.6. The second kappa shape index (κ2) is 8.76. The van der Waals surface area contributed by atoms with E-state index >= 15 is 0 Å². The van der Waals surface area contributed by atoms with Crippen molar-refractivity contribution >= 4 is 11.7 Å². The van der Waals surface area contributed by atoms with Crippen LogP contribution in [-0.2, 0) is 11.2 Å². The number of hydrogen-bond donors (Lipinski definition) is 1. The second-order valence-corrected chi connectivity index (χ2v) is 6.71. The van der Waals surface area contributed by atoms with Gasteiger partial charge in [0, 0.05) is 38.6 Å². The van der Waals surface area contributed by atoms with Gasteiger partial charge in [-0.15, -0.1) is 0 Å². The van der Waals surface area contributed by atoms with Crippen molar-refractivity contribution in [3.63, 3.8) is 0 Å². The standard InChI is InChI=1S/C20H27N5O/c1-3-17-4-6-18(7-5-17)16(2)23-20(26)15-24-10-12-25(13-11-24)19-14-21-8-9-22-19/h4-9,14,16H,3,10-13,15H2,1-2H3,(H,23,26)/t16-/m0/s1. The number of nitrogens with zero attached hydrogens (tertiary/aromatic N) is 4. The number of nitrogens with one attached hydrogen (secondary N) is 1. The van der Waals surface area contributed by atoms with Gasteiger partial charge in [-0.05, 0) is 24.5 Å². The van der Waals surface area contributed by atoms with E-state index in [4.69, 9.17) is 0 Å². The van der Waals surface area contributed by atoms with E-state index in [1.165, 1.54) is 5.56 Å². The Hall–Kier alpha value is -2.47. The van der Waals surface area contributed by atoms with Crippen LogP contribution in [0.15, 0.2) is 42.9 Å². The molecule has 0 bridgehead atoms. The molecule has 3 rings (SSSR count). The highest BCUT2D eigenvalue weighted by Crippen LogP contribution is 2.14. The molecule has 1 atom stereocenters. The number of aromatic nitrogens is 2. The van der Waals surface area contributed by atoms with Crippen molar-refractivity contribution in [2.45, 2.75) is 26.3 Å². The minimum atomic E-state index is 0.0225. The summed E-state index contributed by atoms with van der Waals surface area (Å²) in [5.74, 6) is 0.978. The van der Waals surface area contributed by atoms with E-state index in [0.717, 1.165) is 44.0 Å². The SMILES string of the molecule is CCc1ccc([C@H](C)NC(=O)CN2CCN(c3cnccn3)CC2)cc1. The summed E-state index contributed by atoms with van der Waals surface area (Å²) in [6.45, 7) is 8.04. The molecule has 1 fully saturated rings. The number of piperazine rings is 1. The molecular weight excluding hydrogens is 326 g/mol. The van der Waals surface area contributed by atoms with Gasteiger partial charge in [-0.1, -0.05) is 31.2 Å². The highest BCUT2D eigenvalue weighted by Gasteiger charge is 2.20. The van der Waals surface area contributed by atoms with E-state index in [1.54, 1.807) is 18.6 Å². The van der Waals surface area contributed by atoms with E-state index in [9.17, 15) is 4.79 Å². The van der Waals surface area contributed by atoms with Gasteiger partial charge in [0.05, 0.1) is 18.8 Å². The maximum absolute atomic E-state index is 12.4. The van der Waals surface area contributed by atoms with Crippen molar-refractivity contribution in [1.29, 1.82) is 0 Å². The van der Waals surface area contributed by atoms with Crippen molar-refractivity contribution in [3.8, 4) is 0 Å². The van der Waals surface area contributed by atoms with Crippen molar-refractivity contribution in [1.82, 2.24) is 20.2 Å². The monoisotopic (exact) mass is 353 g/mol. The number of aryl methyl sites for hydroxylation is 1. The predicted octanol–water partition coefficient (Wildman–Crippen LogP) is 2.04. The number of benzene rings is 1.